The summed E-state index contributed by atoms with van der Waals surface area (Å²) in [6, 6.07) is 10.1. The molecular weight excluding hydrogens is 519 g/mol. The Morgan fingerprint density at radius 2 is 2.00 bits per heavy atom. The summed E-state index contributed by atoms with van der Waals surface area (Å²) in [5.41, 5.74) is 1.80. The van der Waals surface area contributed by atoms with Gasteiger partial charge >= 0.3 is 5.97 Å². The number of methoxy groups -OCH3 is 1. The lowest BCUT2D eigenvalue weighted by Gasteiger charge is -2.08. The molecule has 1 N–H and O–H groups in total. The van der Waals surface area contributed by atoms with Crippen molar-refractivity contribution in [1.82, 2.24) is 4.90 Å². The third kappa shape index (κ3) is 4.78. The van der Waals surface area contributed by atoms with Crippen molar-refractivity contribution < 1.29 is 24.2 Å². The Kier molecular flexibility index (Phi) is 7.03. The van der Waals surface area contributed by atoms with Gasteiger partial charge in [0.1, 0.15) is 0 Å². The van der Waals surface area contributed by atoms with Gasteiger partial charge < -0.3 is 14.6 Å². The number of thioether (sulfide) groups is 1. The first-order valence-electron chi connectivity index (χ1n) is 8.94. The Morgan fingerprint density at radius 1 is 1.30 bits per heavy atom. The maximum atomic E-state index is 12.6. The molecule has 1 amide bonds. The molecule has 9 heteroatoms. The Bertz CT molecular complexity index is 1050. The zero-order valence-electron chi connectivity index (χ0n) is 16.5. The van der Waals surface area contributed by atoms with E-state index in [1.165, 1.54) is 23.8 Å². The summed E-state index contributed by atoms with van der Waals surface area (Å²) in [4.78, 5) is 30.9. The summed E-state index contributed by atoms with van der Waals surface area (Å²) in [5, 5.41) is 10.5. The van der Waals surface area contributed by atoms with Crippen LogP contribution >= 0.6 is 34.4 Å². The summed E-state index contributed by atoms with van der Waals surface area (Å²) in [7, 11) is 3.13. The Balaban J connectivity index is 1.85. The minimum atomic E-state index is -0.386. The van der Waals surface area contributed by atoms with Crippen LogP contribution in [0.25, 0.3) is 6.08 Å². The van der Waals surface area contributed by atoms with Crippen molar-refractivity contribution in [3.05, 3.63) is 56.0 Å². The minimum Gasteiger partial charge on any atom is -0.504 e. The van der Waals surface area contributed by atoms with Gasteiger partial charge in [-0.15, -0.1) is 0 Å². The fourth-order valence-electron chi connectivity index (χ4n) is 2.63. The van der Waals surface area contributed by atoms with Crippen molar-refractivity contribution >= 4 is 63.2 Å². The molecule has 0 unspecified atom stereocenters. The molecule has 1 saturated heterocycles. The molecule has 0 bridgehead atoms. The first-order valence-corrected chi connectivity index (χ1v) is 10.8. The largest absolute Gasteiger partial charge is 0.504 e. The lowest BCUT2D eigenvalue weighted by molar-refractivity contribution is -0.121. The zero-order chi connectivity index (χ0) is 21.8. The molecule has 156 valence electrons. The number of likely N-dealkylation sites (N-methyl/N-ethyl adjacent to an activating group) is 1. The van der Waals surface area contributed by atoms with Crippen LogP contribution in [-0.2, 0) is 9.53 Å². The number of carbonyl (C=O) groups excluding carboxylic acids is 2. The van der Waals surface area contributed by atoms with Gasteiger partial charge in [0.25, 0.3) is 5.91 Å². The number of amides is 1. The topological polar surface area (TPSA) is 88.4 Å². The van der Waals surface area contributed by atoms with Gasteiger partial charge in [-0.25, -0.2) is 9.79 Å². The van der Waals surface area contributed by atoms with Crippen LogP contribution in [0.5, 0.6) is 11.5 Å². The molecule has 1 fully saturated rings. The molecule has 0 saturated carbocycles. The molecule has 0 spiro atoms. The van der Waals surface area contributed by atoms with E-state index >= 15 is 0 Å². The van der Waals surface area contributed by atoms with E-state index in [0.29, 0.717) is 37.3 Å². The number of nitrogens with zero attached hydrogens (tertiary/aromatic N) is 2. The molecule has 7 nitrogen and oxygen atoms in total. The third-order valence-corrected chi connectivity index (χ3v) is 6.06. The molecule has 30 heavy (non-hydrogen) atoms. The highest BCUT2D eigenvalue weighted by atomic mass is 127. The van der Waals surface area contributed by atoms with E-state index in [0.717, 1.165) is 5.56 Å². The van der Waals surface area contributed by atoms with Gasteiger partial charge in [-0.05, 0) is 89.3 Å². The van der Waals surface area contributed by atoms with Crippen molar-refractivity contribution in [3.8, 4) is 11.5 Å². The maximum Gasteiger partial charge on any atom is 0.338 e. The standard InChI is InChI=1S/C21H19IN2O5S/c1-4-29-20(27)13-5-7-14(8-6-13)23-21-24(2)19(26)17(30-21)11-12-9-15(22)18(25)16(10-12)28-3/h5-11,25H,4H2,1-3H3/b17-11-,23-21?. The highest BCUT2D eigenvalue weighted by Crippen LogP contribution is 2.36. The monoisotopic (exact) mass is 538 g/mol. The highest BCUT2D eigenvalue weighted by molar-refractivity contribution is 14.1. The normalized spacial score (nSPS) is 16.4. The van der Waals surface area contributed by atoms with Gasteiger partial charge in [-0.2, -0.15) is 0 Å². The summed E-state index contributed by atoms with van der Waals surface area (Å²) < 4.78 is 10.8. The van der Waals surface area contributed by atoms with Crippen LogP contribution < -0.4 is 4.74 Å². The van der Waals surface area contributed by atoms with Crippen LogP contribution in [0.3, 0.4) is 0 Å². The van der Waals surface area contributed by atoms with Crippen molar-refractivity contribution in [3.63, 3.8) is 0 Å². The molecule has 0 aliphatic carbocycles. The molecular formula is C21H19IN2O5S. The molecule has 0 atom stereocenters. The van der Waals surface area contributed by atoms with Crippen molar-refractivity contribution in [1.29, 1.82) is 0 Å². The number of phenolic OH excluding ortho intramolecular Hbond substituents is 1. The molecule has 0 radical (unpaired) electrons. The molecule has 2 aromatic carbocycles. The number of esters is 1. The lowest BCUT2D eigenvalue weighted by Crippen LogP contribution is -2.23. The lowest BCUT2D eigenvalue weighted by atomic mass is 10.2. The van der Waals surface area contributed by atoms with E-state index in [4.69, 9.17) is 9.47 Å². The molecule has 2 aromatic rings. The van der Waals surface area contributed by atoms with Crippen LogP contribution in [0.2, 0.25) is 0 Å². The smallest absolute Gasteiger partial charge is 0.338 e. The number of aromatic hydroxyl groups is 1. The first-order chi connectivity index (χ1) is 14.3. The fourth-order valence-corrected chi connectivity index (χ4v) is 4.24. The van der Waals surface area contributed by atoms with Crippen molar-refractivity contribution in [2.75, 3.05) is 20.8 Å². The maximum absolute atomic E-state index is 12.6. The van der Waals surface area contributed by atoms with E-state index in [-0.39, 0.29) is 17.6 Å². The van der Waals surface area contributed by atoms with E-state index < -0.39 is 0 Å². The summed E-state index contributed by atoms with van der Waals surface area (Å²) in [6.45, 7) is 2.07. The second kappa shape index (κ2) is 9.52. The second-order valence-corrected chi connectivity index (χ2v) is 8.36. The highest BCUT2D eigenvalue weighted by Gasteiger charge is 2.30. The summed E-state index contributed by atoms with van der Waals surface area (Å²) >= 11 is 3.26. The number of halogens is 1. The minimum absolute atomic E-state index is 0.0660. The predicted molar refractivity (Wildman–Crippen MR) is 125 cm³/mol. The number of aliphatic imine (C=N–C) groups is 1. The van der Waals surface area contributed by atoms with Crippen LogP contribution in [-0.4, -0.2) is 47.8 Å². The number of amidine groups is 1. The van der Waals surface area contributed by atoms with Crippen molar-refractivity contribution in [2.24, 2.45) is 4.99 Å². The van der Waals surface area contributed by atoms with Crippen molar-refractivity contribution in [2.45, 2.75) is 6.92 Å². The fraction of sp³-hybridized carbons (Fsp3) is 0.190. The zero-order valence-corrected chi connectivity index (χ0v) is 19.5. The van der Waals surface area contributed by atoms with Crippen LogP contribution in [0.1, 0.15) is 22.8 Å². The SMILES string of the molecule is CCOC(=O)c1ccc(N=C2S/C(=C\c3cc(I)c(O)c(OC)c3)C(=O)N2C)cc1. The van der Waals surface area contributed by atoms with Crippen LogP contribution in [0, 0.1) is 3.57 Å². The van der Waals surface area contributed by atoms with Gasteiger partial charge in [0.15, 0.2) is 16.7 Å². The number of hydrogen-bond acceptors (Lipinski definition) is 7. The predicted octanol–water partition coefficient (Wildman–Crippen LogP) is 4.42. The Hall–Kier alpha value is -2.53. The quantitative estimate of drug-likeness (QED) is 0.345. The average molecular weight is 538 g/mol. The average Bonchev–Trinajstić information content (AvgIpc) is 2.99. The number of ether oxygens (including phenoxy) is 2. The van der Waals surface area contributed by atoms with Gasteiger partial charge in [-0.1, -0.05) is 0 Å². The second-order valence-electron chi connectivity index (χ2n) is 6.19. The van der Waals surface area contributed by atoms with Gasteiger partial charge in [0, 0.05) is 7.05 Å². The van der Waals surface area contributed by atoms with Gasteiger partial charge in [0.05, 0.1) is 33.4 Å². The Morgan fingerprint density at radius 3 is 2.63 bits per heavy atom. The number of phenols is 1. The van der Waals surface area contributed by atoms with Crippen LogP contribution in [0.15, 0.2) is 46.3 Å². The van der Waals surface area contributed by atoms with Gasteiger partial charge in [-0.3, -0.25) is 9.69 Å². The van der Waals surface area contributed by atoms with Crippen LogP contribution in [0.4, 0.5) is 5.69 Å². The third-order valence-electron chi connectivity index (χ3n) is 4.18. The van der Waals surface area contributed by atoms with Gasteiger partial charge in [0.2, 0.25) is 0 Å². The number of carbonyl (C=O) groups is 2. The summed E-state index contributed by atoms with van der Waals surface area (Å²) in [6.07, 6.45) is 1.74. The number of hydrogen-bond donors (Lipinski definition) is 1. The van der Waals surface area contributed by atoms with E-state index in [2.05, 4.69) is 4.99 Å². The molecule has 1 aliphatic heterocycles. The van der Waals surface area contributed by atoms with E-state index in [1.54, 1.807) is 56.4 Å². The van der Waals surface area contributed by atoms with E-state index in [9.17, 15) is 14.7 Å². The summed E-state index contributed by atoms with van der Waals surface area (Å²) in [5.74, 6) is -0.156. The first kappa shape index (κ1) is 22.2. The molecule has 1 heterocycles. The molecule has 1 aliphatic rings. The molecule has 0 aromatic heterocycles. The Labute approximate surface area is 191 Å². The molecule has 3 rings (SSSR count). The number of rotatable bonds is 5. The number of benzene rings is 2. The van der Waals surface area contributed by atoms with E-state index in [1.807, 2.05) is 22.6 Å².